The van der Waals surface area contributed by atoms with Crippen LogP contribution in [-0.2, 0) is 23.5 Å². The minimum Gasteiger partial charge on any atom is -0.372 e. The van der Waals surface area contributed by atoms with Crippen LogP contribution in [0.15, 0.2) is 85.1 Å². The number of carbonyl (C=O) groups is 1. The molecule has 6 heteroatoms. The molecule has 154 valence electrons. The molecule has 0 fully saturated rings. The van der Waals surface area contributed by atoms with Gasteiger partial charge in [-0.3, -0.25) is 4.79 Å². The molecule has 6 nitrogen and oxygen atoms in total. The van der Waals surface area contributed by atoms with Gasteiger partial charge in [-0.05, 0) is 24.1 Å². The van der Waals surface area contributed by atoms with Gasteiger partial charge >= 0.3 is 0 Å². The Morgan fingerprint density at radius 1 is 0.903 bits per heavy atom. The van der Waals surface area contributed by atoms with Crippen molar-refractivity contribution >= 4 is 11.6 Å². The predicted octanol–water partition coefficient (Wildman–Crippen LogP) is 3.42. The maximum atomic E-state index is 13.5. The fourth-order valence-electron chi connectivity index (χ4n) is 4.09. The first-order chi connectivity index (χ1) is 15.1. The summed E-state index contributed by atoms with van der Waals surface area (Å²) in [4.78, 5) is 15.1. The van der Waals surface area contributed by atoms with Crippen molar-refractivity contribution in [1.29, 1.82) is 0 Å². The van der Waals surface area contributed by atoms with Gasteiger partial charge in [-0.2, -0.15) is 0 Å². The van der Waals surface area contributed by atoms with Gasteiger partial charge in [0.2, 0.25) is 0 Å². The Labute approximate surface area is 180 Å². The van der Waals surface area contributed by atoms with Crippen molar-refractivity contribution in [2.45, 2.75) is 25.6 Å². The van der Waals surface area contributed by atoms with Gasteiger partial charge in [-0.1, -0.05) is 83.6 Å². The fourth-order valence-corrected chi connectivity index (χ4v) is 4.09. The molecule has 31 heavy (non-hydrogen) atoms. The molecule has 0 bridgehead atoms. The number of fused-ring (bicyclic) bond motifs is 1. The minimum absolute atomic E-state index is 0.235. The lowest BCUT2D eigenvalue weighted by atomic mass is 9.87. The minimum atomic E-state index is -1.72. The molecule has 0 radical (unpaired) electrons. The number of carbonyl (C=O) groups excluding carboxylic acids is 1. The third-order valence-electron chi connectivity index (χ3n) is 5.70. The summed E-state index contributed by atoms with van der Waals surface area (Å²) in [6, 6.07) is 24.8. The second-order valence-corrected chi connectivity index (χ2v) is 7.88. The fraction of sp³-hybridized carbons (Fsp3) is 0.160. The van der Waals surface area contributed by atoms with Crippen LogP contribution in [0, 0.1) is 6.92 Å². The number of aromatic nitrogens is 3. The molecule has 0 saturated carbocycles. The van der Waals surface area contributed by atoms with E-state index in [9.17, 15) is 9.90 Å². The Bertz CT molecular complexity index is 1230. The van der Waals surface area contributed by atoms with E-state index in [1.807, 2.05) is 85.9 Å². The molecule has 1 aliphatic rings. The molecule has 1 atom stereocenters. The van der Waals surface area contributed by atoms with Crippen LogP contribution in [0.4, 0.5) is 5.69 Å². The highest BCUT2D eigenvalue weighted by molar-refractivity contribution is 6.08. The Morgan fingerprint density at radius 2 is 1.61 bits per heavy atom. The van der Waals surface area contributed by atoms with Gasteiger partial charge in [-0.15, -0.1) is 5.10 Å². The number of hydrogen-bond acceptors (Lipinski definition) is 4. The first-order valence-corrected chi connectivity index (χ1v) is 10.2. The summed E-state index contributed by atoms with van der Waals surface area (Å²) in [5.41, 5.74) is 2.96. The standard InChI is InChI=1S/C25H22N4O2/c1-18-11-13-20(14-12-18)25(31)22-9-5-6-10-23(22)29(24(25)30)17-21-16-28(27-26-21)15-19-7-3-2-4-8-19/h2-14,16,31H,15,17H2,1H3. The van der Waals surface area contributed by atoms with E-state index < -0.39 is 5.60 Å². The molecule has 4 aromatic rings. The summed E-state index contributed by atoms with van der Waals surface area (Å²) < 4.78 is 1.75. The van der Waals surface area contributed by atoms with Gasteiger partial charge in [0, 0.05) is 5.56 Å². The van der Waals surface area contributed by atoms with Crippen molar-refractivity contribution in [2.24, 2.45) is 0 Å². The average molecular weight is 410 g/mol. The topological polar surface area (TPSA) is 71.2 Å². The number of amides is 1. The van der Waals surface area contributed by atoms with E-state index in [0.29, 0.717) is 29.1 Å². The van der Waals surface area contributed by atoms with Crippen LogP contribution in [0.1, 0.15) is 27.9 Å². The van der Waals surface area contributed by atoms with Gasteiger partial charge in [0.1, 0.15) is 5.69 Å². The van der Waals surface area contributed by atoms with Crippen LogP contribution in [0.2, 0.25) is 0 Å². The zero-order valence-electron chi connectivity index (χ0n) is 17.1. The van der Waals surface area contributed by atoms with Crippen LogP contribution in [0.3, 0.4) is 0 Å². The highest BCUT2D eigenvalue weighted by Gasteiger charge is 2.51. The normalized spacial score (nSPS) is 17.7. The molecule has 1 amide bonds. The molecule has 1 aromatic heterocycles. The second-order valence-electron chi connectivity index (χ2n) is 7.88. The quantitative estimate of drug-likeness (QED) is 0.547. The maximum absolute atomic E-state index is 13.5. The summed E-state index contributed by atoms with van der Waals surface area (Å²) in [5.74, 6) is -0.379. The van der Waals surface area contributed by atoms with E-state index in [1.165, 1.54) is 0 Å². The van der Waals surface area contributed by atoms with Crippen molar-refractivity contribution in [3.63, 3.8) is 0 Å². The average Bonchev–Trinajstić information content (AvgIpc) is 3.32. The van der Waals surface area contributed by atoms with Crippen molar-refractivity contribution in [1.82, 2.24) is 15.0 Å². The van der Waals surface area contributed by atoms with E-state index in [0.717, 1.165) is 11.1 Å². The molecule has 0 saturated heterocycles. The Balaban J connectivity index is 1.45. The van der Waals surface area contributed by atoms with Crippen molar-refractivity contribution in [3.05, 3.63) is 113 Å². The number of aryl methyl sites for hydroxylation is 1. The predicted molar refractivity (Wildman–Crippen MR) is 117 cm³/mol. The van der Waals surface area contributed by atoms with Crippen molar-refractivity contribution in [2.75, 3.05) is 4.90 Å². The third-order valence-corrected chi connectivity index (χ3v) is 5.70. The molecule has 1 aliphatic heterocycles. The lowest BCUT2D eigenvalue weighted by Gasteiger charge is -2.23. The molecule has 2 heterocycles. The van der Waals surface area contributed by atoms with Gasteiger partial charge in [0.05, 0.1) is 25.0 Å². The zero-order valence-corrected chi connectivity index (χ0v) is 17.1. The van der Waals surface area contributed by atoms with E-state index in [-0.39, 0.29) is 12.5 Å². The molecule has 1 unspecified atom stereocenters. The number of benzene rings is 3. The number of rotatable bonds is 5. The van der Waals surface area contributed by atoms with Gasteiger partial charge in [0.15, 0.2) is 5.60 Å². The lowest BCUT2D eigenvalue weighted by molar-refractivity contribution is -0.132. The van der Waals surface area contributed by atoms with Crippen LogP contribution >= 0.6 is 0 Å². The van der Waals surface area contributed by atoms with Crippen LogP contribution in [0.5, 0.6) is 0 Å². The molecule has 5 rings (SSSR count). The van der Waals surface area contributed by atoms with Gasteiger partial charge < -0.3 is 10.0 Å². The number of para-hydroxylation sites is 1. The third kappa shape index (κ3) is 3.31. The summed E-state index contributed by atoms with van der Waals surface area (Å²) in [7, 11) is 0. The van der Waals surface area contributed by atoms with E-state index >= 15 is 0 Å². The van der Waals surface area contributed by atoms with Gasteiger partial charge in [0.25, 0.3) is 5.91 Å². The summed E-state index contributed by atoms with van der Waals surface area (Å²) in [6.07, 6.45) is 1.84. The molecule has 1 N–H and O–H groups in total. The summed E-state index contributed by atoms with van der Waals surface area (Å²) >= 11 is 0. The van der Waals surface area contributed by atoms with E-state index in [2.05, 4.69) is 10.3 Å². The molecule has 0 aliphatic carbocycles. The smallest absolute Gasteiger partial charge is 0.268 e. The molecule has 0 spiro atoms. The molecule has 3 aromatic carbocycles. The molecular formula is C25H22N4O2. The SMILES string of the molecule is Cc1ccc(C2(O)C(=O)N(Cc3cn(Cc4ccccc4)nn3)c3ccccc32)cc1. The highest BCUT2D eigenvalue weighted by atomic mass is 16.3. The molecular weight excluding hydrogens is 388 g/mol. The van der Waals surface area contributed by atoms with Crippen molar-refractivity contribution in [3.8, 4) is 0 Å². The highest BCUT2D eigenvalue weighted by Crippen LogP contribution is 2.44. The Hall–Kier alpha value is -3.77. The van der Waals surface area contributed by atoms with Crippen LogP contribution in [-0.4, -0.2) is 26.0 Å². The summed E-state index contributed by atoms with van der Waals surface area (Å²) in [6.45, 7) is 2.81. The van der Waals surface area contributed by atoms with E-state index in [1.54, 1.807) is 15.6 Å². The monoisotopic (exact) mass is 410 g/mol. The van der Waals surface area contributed by atoms with Gasteiger partial charge in [-0.25, -0.2) is 4.68 Å². The zero-order chi connectivity index (χ0) is 21.4. The number of aliphatic hydroxyl groups is 1. The first kappa shape index (κ1) is 19.2. The van der Waals surface area contributed by atoms with E-state index in [4.69, 9.17) is 0 Å². The van der Waals surface area contributed by atoms with Crippen LogP contribution in [0.25, 0.3) is 0 Å². The van der Waals surface area contributed by atoms with Crippen molar-refractivity contribution < 1.29 is 9.90 Å². The lowest BCUT2D eigenvalue weighted by Crippen LogP contribution is -2.40. The van der Waals surface area contributed by atoms with Crippen LogP contribution < -0.4 is 4.90 Å². The number of anilines is 1. The summed E-state index contributed by atoms with van der Waals surface area (Å²) in [5, 5.41) is 20.0. The first-order valence-electron chi connectivity index (χ1n) is 10.2. The second kappa shape index (κ2) is 7.49. The largest absolute Gasteiger partial charge is 0.372 e. The Kier molecular flexibility index (Phi) is 4.64. The number of hydrogen-bond donors (Lipinski definition) is 1. The maximum Gasteiger partial charge on any atom is 0.268 e. The number of nitrogens with zero attached hydrogens (tertiary/aromatic N) is 4. The Morgan fingerprint density at radius 3 is 2.39 bits per heavy atom.